The van der Waals surface area contributed by atoms with Gasteiger partial charge in [-0.1, -0.05) is 0 Å². The fourth-order valence-corrected chi connectivity index (χ4v) is 1.28. The van der Waals surface area contributed by atoms with Crippen LogP contribution in [0.4, 0.5) is 17.1 Å². The molecule has 7 nitrogen and oxygen atoms in total. The highest BCUT2D eigenvalue weighted by atomic mass is 16.6. The third kappa shape index (κ3) is 3.63. The zero-order valence-electron chi connectivity index (χ0n) is 9.40. The van der Waals surface area contributed by atoms with E-state index in [0.29, 0.717) is 18.7 Å². The molecule has 1 aromatic carbocycles. The molecule has 0 aliphatic heterocycles. The van der Waals surface area contributed by atoms with Crippen molar-refractivity contribution in [1.82, 2.24) is 5.32 Å². The van der Waals surface area contributed by atoms with E-state index >= 15 is 0 Å². The summed E-state index contributed by atoms with van der Waals surface area (Å²) in [5.41, 5.74) is 6.14. The van der Waals surface area contributed by atoms with Crippen LogP contribution in [0.25, 0.3) is 0 Å². The first-order valence-corrected chi connectivity index (χ1v) is 5.03. The quantitative estimate of drug-likeness (QED) is 0.398. The van der Waals surface area contributed by atoms with Crippen molar-refractivity contribution < 1.29 is 9.72 Å². The Balaban J connectivity index is 2.59. The number of rotatable bonds is 5. The maximum absolute atomic E-state index is 10.9. The second-order valence-electron chi connectivity index (χ2n) is 3.38. The van der Waals surface area contributed by atoms with E-state index in [1.165, 1.54) is 12.1 Å². The zero-order valence-corrected chi connectivity index (χ0v) is 9.40. The summed E-state index contributed by atoms with van der Waals surface area (Å²) in [6.07, 6.45) is 0.327. The van der Waals surface area contributed by atoms with Gasteiger partial charge in [0.1, 0.15) is 5.69 Å². The Kier molecular flexibility index (Phi) is 4.27. The van der Waals surface area contributed by atoms with Crippen molar-refractivity contribution in [3.05, 3.63) is 28.3 Å². The molecule has 1 aromatic rings. The highest BCUT2D eigenvalue weighted by Gasteiger charge is 2.10. The summed E-state index contributed by atoms with van der Waals surface area (Å²) in [7, 11) is 1.56. The molecule has 0 saturated heterocycles. The normalized spacial score (nSPS) is 9.71. The highest BCUT2D eigenvalue weighted by molar-refractivity contribution is 5.76. The number of anilines is 2. The van der Waals surface area contributed by atoms with Gasteiger partial charge in [0.25, 0.3) is 5.69 Å². The fourth-order valence-electron chi connectivity index (χ4n) is 1.28. The molecule has 0 bridgehead atoms. The van der Waals surface area contributed by atoms with E-state index in [-0.39, 0.29) is 17.3 Å². The first-order valence-electron chi connectivity index (χ1n) is 5.03. The highest BCUT2D eigenvalue weighted by Crippen LogP contribution is 2.24. The van der Waals surface area contributed by atoms with Crippen LogP contribution in [-0.4, -0.2) is 24.4 Å². The average molecular weight is 238 g/mol. The lowest BCUT2D eigenvalue weighted by atomic mass is 10.2. The molecule has 17 heavy (non-hydrogen) atoms. The molecular weight excluding hydrogens is 224 g/mol. The lowest BCUT2D eigenvalue weighted by Crippen LogP contribution is -2.20. The molecule has 0 atom stereocenters. The molecule has 0 unspecified atom stereocenters. The number of nitrogen functional groups attached to an aromatic ring is 1. The summed E-state index contributed by atoms with van der Waals surface area (Å²) >= 11 is 0. The van der Waals surface area contributed by atoms with Gasteiger partial charge >= 0.3 is 0 Å². The molecule has 92 valence electrons. The number of carbonyl (C=O) groups is 1. The molecule has 4 N–H and O–H groups in total. The third-order valence-electron chi connectivity index (χ3n) is 2.18. The Morgan fingerprint density at radius 3 is 2.76 bits per heavy atom. The minimum atomic E-state index is -0.538. The number of hydrogen-bond donors (Lipinski definition) is 3. The number of carbonyl (C=O) groups excluding carboxylic acids is 1. The van der Waals surface area contributed by atoms with E-state index in [1.54, 1.807) is 13.1 Å². The van der Waals surface area contributed by atoms with Gasteiger partial charge in [0, 0.05) is 31.8 Å². The van der Waals surface area contributed by atoms with Crippen LogP contribution in [0.3, 0.4) is 0 Å². The topological polar surface area (TPSA) is 110 Å². The fraction of sp³-hybridized carbons (Fsp3) is 0.300. The van der Waals surface area contributed by atoms with Gasteiger partial charge in [-0.05, 0) is 12.1 Å². The maximum Gasteiger partial charge on any atom is 0.292 e. The Labute approximate surface area is 98.1 Å². The molecule has 1 amide bonds. The van der Waals surface area contributed by atoms with Gasteiger partial charge in [0.2, 0.25) is 5.91 Å². The maximum atomic E-state index is 10.9. The van der Waals surface area contributed by atoms with Crippen LogP contribution in [0.15, 0.2) is 18.2 Å². The molecule has 0 aromatic heterocycles. The molecule has 0 heterocycles. The molecule has 0 spiro atoms. The Morgan fingerprint density at radius 2 is 2.24 bits per heavy atom. The van der Waals surface area contributed by atoms with E-state index in [2.05, 4.69) is 10.6 Å². The van der Waals surface area contributed by atoms with Crippen LogP contribution in [0, 0.1) is 10.1 Å². The van der Waals surface area contributed by atoms with E-state index in [4.69, 9.17) is 5.73 Å². The van der Waals surface area contributed by atoms with Gasteiger partial charge < -0.3 is 16.4 Å². The molecule has 0 radical (unpaired) electrons. The van der Waals surface area contributed by atoms with Crippen LogP contribution in [0.5, 0.6) is 0 Å². The lowest BCUT2D eigenvalue weighted by molar-refractivity contribution is -0.383. The van der Waals surface area contributed by atoms with E-state index in [9.17, 15) is 14.9 Å². The number of nitro groups is 1. The lowest BCUT2D eigenvalue weighted by Gasteiger charge is -2.06. The molecule has 7 heteroatoms. The van der Waals surface area contributed by atoms with Gasteiger partial charge in [-0.2, -0.15) is 0 Å². The van der Waals surface area contributed by atoms with E-state index < -0.39 is 4.92 Å². The second kappa shape index (κ2) is 5.69. The first kappa shape index (κ1) is 12.8. The van der Waals surface area contributed by atoms with Crippen LogP contribution >= 0.6 is 0 Å². The van der Waals surface area contributed by atoms with Gasteiger partial charge in [0.15, 0.2) is 0 Å². The molecule has 0 saturated carbocycles. The van der Waals surface area contributed by atoms with Crippen molar-refractivity contribution in [2.75, 3.05) is 24.6 Å². The number of nitrogens with one attached hydrogen (secondary N) is 2. The molecule has 0 aliphatic rings. The Morgan fingerprint density at radius 1 is 1.53 bits per heavy atom. The average Bonchev–Trinajstić information content (AvgIpc) is 2.28. The minimum absolute atomic E-state index is 0.0765. The van der Waals surface area contributed by atoms with Crippen molar-refractivity contribution in [3.63, 3.8) is 0 Å². The number of nitrogens with zero attached hydrogens (tertiary/aromatic N) is 1. The van der Waals surface area contributed by atoms with E-state index in [0.717, 1.165) is 0 Å². The van der Waals surface area contributed by atoms with Crippen LogP contribution < -0.4 is 16.4 Å². The Hall–Kier alpha value is -2.31. The van der Waals surface area contributed by atoms with Crippen molar-refractivity contribution in [3.8, 4) is 0 Å². The molecular formula is C10H14N4O3. The SMILES string of the molecule is CNC(=O)CCNc1ccc([N+](=O)[O-])c(N)c1. The molecule has 1 rings (SSSR count). The largest absolute Gasteiger partial charge is 0.393 e. The number of amides is 1. The van der Waals surface area contributed by atoms with Crippen molar-refractivity contribution in [2.24, 2.45) is 0 Å². The summed E-state index contributed by atoms with van der Waals surface area (Å²) in [5.74, 6) is -0.0765. The second-order valence-corrected chi connectivity index (χ2v) is 3.38. The predicted octanol–water partition coefficient (Wildman–Crippen LogP) is 0.725. The smallest absolute Gasteiger partial charge is 0.292 e. The first-order chi connectivity index (χ1) is 8.04. The van der Waals surface area contributed by atoms with Gasteiger partial charge in [-0.25, -0.2) is 0 Å². The third-order valence-corrected chi connectivity index (χ3v) is 2.18. The zero-order chi connectivity index (χ0) is 12.8. The van der Waals surface area contributed by atoms with Gasteiger partial charge in [-0.3, -0.25) is 14.9 Å². The minimum Gasteiger partial charge on any atom is -0.393 e. The summed E-state index contributed by atoms with van der Waals surface area (Å²) in [4.78, 5) is 20.9. The number of benzene rings is 1. The molecule has 0 fully saturated rings. The van der Waals surface area contributed by atoms with Crippen LogP contribution in [-0.2, 0) is 4.79 Å². The summed E-state index contributed by atoms with van der Waals surface area (Å²) in [5, 5.41) is 16.0. The summed E-state index contributed by atoms with van der Waals surface area (Å²) < 4.78 is 0. The predicted molar refractivity (Wildman–Crippen MR) is 64.7 cm³/mol. The molecule has 0 aliphatic carbocycles. The Bertz CT molecular complexity index is 434. The van der Waals surface area contributed by atoms with Crippen molar-refractivity contribution in [1.29, 1.82) is 0 Å². The summed E-state index contributed by atoms with van der Waals surface area (Å²) in [6.45, 7) is 0.441. The summed E-state index contributed by atoms with van der Waals surface area (Å²) in [6, 6.07) is 4.36. The standard InChI is InChI=1S/C10H14N4O3/c1-12-10(15)4-5-13-7-2-3-9(14(16)17)8(11)6-7/h2-3,6,13H,4-5,11H2,1H3,(H,12,15). The number of hydrogen-bond acceptors (Lipinski definition) is 5. The van der Waals surface area contributed by atoms with Crippen molar-refractivity contribution >= 4 is 23.0 Å². The van der Waals surface area contributed by atoms with Gasteiger partial charge in [-0.15, -0.1) is 0 Å². The van der Waals surface area contributed by atoms with E-state index in [1.807, 2.05) is 0 Å². The van der Waals surface area contributed by atoms with Crippen LogP contribution in [0.1, 0.15) is 6.42 Å². The number of nitrogens with two attached hydrogens (primary N) is 1. The van der Waals surface area contributed by atoms with Gasteiger partial charge in [0.05, 0.1) is 4.92 Å². The van der Waals surface area contributed by atoms with Crippen molar-refractivity contribution in [2.45, 2.75) is 6.42 Å². The van der Waals surface area contributed by atoms with Crippen LogP contribution in [0.2, 0.25) is 0 Å². The monoisotopic (exact) mass is 238 g/mol. The number of nitro benzene ring substituents is 1.